The Morgan fingerprint density at radius 1 is 1.00 bits per heavy atom. The van der Waals surface area contributed by atoms with Gasteiger partial charge in [-0.25, -0.2) is 14.4 Å². The number of anilines is 1. The van der Waals surface area contributed by atoms with Crippen LogP contribution in [-0.2, 0) is 4.74 Å². The predicted octanol–water partition coefficient (Wildman–Crippen LogP) is 4.55. The fourth-order valence-electron chi connectivity index (χ4n) is 4.18. The van der Waals surface area contributed by atoms with Crippen LogP contribution in [0.25, 0.3) is 33.3 Å². The Morgan fingerprint density at radius 2 is 1.85 bits per heavy atom. The molecule has 1 fully saturated rings. The molecule has 2 aromatic heterocycles. The van der Waals surface area contributed by atoms with Gasteiger partial charge in [0.05, 0.1) is 24.4 Å². The molecule has 0 bridgehead atoms. The summed E-state index contributed by atoms with van der Waals surface area (Å²) in [4.78, 5) is 15.9. The summed E-state index contributed by atoms with van der Waals surface area (Å²) in [6.45, 7) is 7.01. The van der Waals surface area contributed by atoms with Gasteiger partial charge in [-0.1, -0.05) is 12.1 Å². The van der Waals surface area contributed by atoms with Gasteiger partial charge in [-0.2, -0.15) is 0 Å². The number of hydrogen-bond donors (Lipinski definition) is 1. The van der Waals surface area contributed by atoms with Crippen LogP contribution in [0.3, 0.4) is 0 Å². The van der Waals surface area contributed by atoms with E-state index in [2.05, 4.69) is 31.2 Å². The third-order valence-electron chi connectivity index (χ3n) is 6.01. The summed E-state index contributed by atoms with van der Waals surface area (Å²) in [6.07, 6.45) is 3.36. The van der Waals surface area contributed by atoms with E-state index >= 15 is 0 Å². The van der Waals surface area contributed by atoms with Gasteiger partial charge in [-0.15, -0.1) is 0 Å². The van der Waals surface area contributed by atoms with Crippen molar-refractivity contribution in [1.82, 2.24) is 19.9 Å². The molecule has 1 aliphatic rings. The van der Waals surface area contributed by atoms with E-state index in [1.165, 1.54) is 6.07 Å². The van der Waals surface area contributed by atoms with Crippen molar-refractivity contribution in [2.45, 2.75) is 6.92 Å². The van der Waals surface area contributed by atoms with Gasteiger partial charge in [-0.05, 0) is 54.4 Å². The Hall–Kier alpha value is -3.42. The molecule has 0 amide bonds. The second-order valence-corrected chi connectivity index (χ2v) is 8.20. The smallest absolute Gasteiger partial charge is 0.137 e. The number of nitrogens with zero attached hydrogens (tertiary/aromatic N) is 4. The molecule has 7 heteroatoms. The second-order valence-electron chi connectivity index (χ2n) is 8.20. The van der Waals surface area contributed by atoms with Crippen molar-refractivity contribution in [3.63, 3.8) is 0 Å². The van der Waals surface area contributed by atoms with Gasteiger partial charge in [0, 0.05) is 48.9 Å². The fourth-order valence-corrected chi connectivity index (χ4v) is 4.18. The highest BCUT2D eigenvalue weighted by atomic mass is 19.1. The number of fused-ring (bicyclic) bond motifs is 1. The molecule has 3 heterocycles. The zero-order chi connectivity index (χ0) is 22.6. The van der Waals surface area contributed by atoms with Crippen molar-refractivity contribution in [1.29, 1.82) is 0 Å². The molecule has 0 unspecified atom stereocenters. The summed E-state index contributed by atoms with van der Waals surface area (Å²) in [5, 5.41) is 4.44. The van der Waals surface area contributed by atoms with Gasteiger partial charge < -0.3 is 10.1 Å². The van der Waals surface area contributed by atoms with Crippen molar-refractivity contribution in [2.75, 3.05) is 44.7 Å². The lowest BCUT2D eigenvalue weighted by molar-refractivity contribution is 0.0398. The third-order valence-corrected chi connectivity index (χ3v) is 6.01. The van der Waals surface area contributed by atoms with Gasteiger partial charge in [-0.3, -0.25) is 9.88 Å². The third kappa shape index (κ3) is 4.69. The summed E-state index contributed by atoms with van der Waals surface area (Å²) in [6, 6.07) is 15.2. The number of aromatic nitrogens is 3. The molecule has 2 aromatic carbocycles. The number of rotatable bonds is 6. The molecule has 0 radical (unpaired) electrons. The SMILES string of the molecule is Cc1cc(-c2ncccc2-c2ccc3ncnc(NCCN4CCOCC4)c3c2)ccc1F. The van der Waals surface area contributed by atoms with E-state index < -0.39 is 0 Å². The van der Waals surface area contributed by atoms with E-state index in [1.807, 2.05) is 30.3 Å². The number of benzene rings is 2. The molecular weight excluding hydrogens is 417 g/mol. The average Bonchev–Trinajstić information content (AvgIpc) is 2.86. The van der Waals surface area contributed by atoms with E-state index in [0.717, 1.165) is 78.5 Å². The van der Waals surface area contributed by atoms with Crippen LogP contribution in [0.4, 0.5) is 10.2 Å². The first-order chi connectivity index (χ1) is 16.2. The molecule has 0 atom stereocenters. The van der Waals surface area contributed by atoms with Crippen LogP contribution in [0.5, 0.6) is 0 Å². The normalized spacial score (nSPS) is 14.5. The molecule has 1 saturated heterocycles. The van der Waals surface area contributed by atoms with E-state index in [4.69, 9.17) is 4.74 Å². The Balaban J connectivity index is 1.46. The van der Waals surface area contributed by atoms with Crippen molar-refractivity contribution in [2.24, 2.45) is 0 Å². The molecule has 0 spiro atoms. The Morgan fingerprint density at radius 3 is 2.70 bits per heavy atom. The first kappa shape index (κ1) is 21.4. The number of aryl methyl sites for hydroxylation is 1. The minimum Gasteiger partial charge on any atom is -0.379 e. The largest absolute Gasteiger partial charge is 0.379 e. The quantitative estimate of drug-likeness (QED) is 0.472. The summed E-state index contributed by atoms with van der Waals surface area (Å²) in [5.74, 6) is 0.602. The van der Waals surface area contributed by atoms with Crippen LogP contribution in [0.2, 0.25) is 0 Å². The van der Waals surface area contributed by atoms with E-state index in [-0.39, 0.29) is 5.82 Å². The number of pyridine rings is 1. The van der Waals surface area contributed by atoms with Crippen LogP contribution in [0, 0.1) is 12.7 Å². The molecule has 33 heavy (non-hydrogen) atoms. The number of hydrogen-bond acceptors (Lipinski definition) is 6. The highest BCUT2D eigenvalue weighted by molar-refractivity contribution is 5.94. The monoisotopic (exact) mass is 443 g/mol. The molecule has 0 aliphatic carbocycles. The van der Waals surface area contributed by atoms with Crippen molar-refractivity contribution < 1.29 is 9.13 Å². The molecule has 4 aromatic rings. The minimum absolute atomic E-state index is 0.216. The maximum atomic E-state index is 13.8. The zero-order valence-corrected chi connectivity index (χ0v) is 18.6. The lowest BCUT2D eigenvalue weighted by atomic mass is 9.97. The summed E-state index contributed by atoms with van der Waals surface area (Å²) in [5.41, 5.74) is 5.18. The summed E-state index contributed by atoms with van der Waals surface area (Å²) < 4.78 is 19.3. The molecule has 5 rings (SSSR count). The van der Waals surface area contributed by atoms with Crippen LogP contribution >= 0.6 is 0 Å². The topological polar surface area (TPSA) is 63.2 Å². The number of morpholine rings is 1. The van der Waals surface area contributed by atoms with Crippen molar-refractivity contribution in [3.05, 3.63) is 72.4 Å². The first-order valence-electron chi connectivity index (χ1n) is 11.2. The van der Waals surface area contributed by atoms with Gasteiger partial charge in [0.1, 0.15) is 18.0 Å². The number of ether oxygens (including phenoxy) is 1. The molecule has 1 N–H and O–H groups in total. The molecule has 0 saturated carbocycles. The van der Waals surface area contributed by atoms with Crippen LogP contribution in [0.15, 0.2) is 61.1 Å². The highest BCUT2D eigenvalue weighted by Crippen LogP contribution is 2.33. The van der Waals surface area contributed by atoms with Crippen molar-refractivity contribution >= 4 is 16.7 Å². The lowest BCUT2D eigenvalue weighted by Crippen LogP contribution is -2.39. The zero-order valence-electron chi connectivity index (χ0n) is 18.6. The fraction of sp³-hybridized carbons (Fsp3) is 0.269. The molecule has 1 aliphatic heterocycles. The lowest BCUT2D eigenvalue weighted by Gasteiger charge is -2.26. The minimum atomic E-state index is -0.216. The number of nitrogens with one attached hydrogen (secondary N) is 1. The standard InChI is InChI=1S/C26H26FN5O/c1-18-15-20(4-6-23(18)27)25-21(3-2-8-28-25)19-5-7-24-22(16-19)26(31-17-30-24)29-9-10-32-11-13-33-14-12-32/h2-8,15-17H,9-14H2,1H3,(H,29,30,31). The summed E-state index contributed by atoms with van der Waals surface area (Å²) in [7, 11) is 0. The first-order valence-corrected chi connectivity index (χ1v) is 11.2. The van der Waals surface area contributed by atoms with Gasteiger partial charge in [0.2, 0.25) is 0 Å². The van der Waals surface area contributed by atoms with Gasteiger partial charge >= 0.3 is 0 Å². The summed E-state index contributed by atoms with van der Waals surface area (Å²) >= 11 is 0. The van der Waals surface area contributed by atoms with Crippen LogP contribution < -0.4 is 5.32 Å². The molecular formula is C26H26FN5O. The predicted molar refractivity (Wildman–Crippen MR) is 129 cm³/mol. The highest BCUT2D eigenvalue weighted by Gasteiger charge is 2.13. The van der Waals surface area contributed by atoms with Gasteiger partial charge in [0.15, 0.2) is 0 Å². The Bertz CT molecular complexity index is 1270. The van der Waals surface area contributed by atoms with Crippen LogP contribution in [0.1, 0.15) is 5.56 Å². The maximum absolute atomic E-state index is 13.8. The average molecular weight is 444 g/mol. The molecule has 168 valence electrons. The Labute approximate surface area is 192 Å². The maximum Gasteiger partial charge on any atom is 0.137 e. The van der Waals surface area contributed by atoms with Crippen LogP contribution in [-0.4, -0.2) is 59.2 Å². The second kappa shape index (κ2) is 9.60. The number of halogens is 1. The molecule has 6 nitrogen and oxygen atoms in total. The Kier molecular flexibility index (Phi) is 6.24. The van der Waals surface area contributed by atoms with Gasteiger partial charge in [0.25, 0.3) is 0 Å². The van der Waals surface area contributed by atoms with E-state index in [0.29, 0.717) is 5.56 Å². The van der Waals surface area contributed by atoms with E-state index in [9.17, 15) is 4.39 Å². The van der Waals surface area contributed by atoms with E-state index in [1.54, 1.807) is 25.5 Å². The van der Waals surface area contributed by atoms with Crippen molar-refractivity contribution in [3.8, 4) is 22.4 Å².